The second kappa shape index (κ2) is 33.4. The topological polar surface area (TPSA) is 163 Å². The number of piperidine rings is 1. The number of thiazole rings is 4. The van der Waals surface area contributed by atoms with Crippen molar-refractivity contribution in [3.8, 4) is 0 Å². The van der Waals surface area contributed by atoms with Crippen LogP contribution >= 0.6 is 45.3 Å². The number of fused-ring (bicyclic) bond motifs is 1. The highest BCUT2D eigenvalue weighted by molar-refractivity contribution is 7.09. The average molecular weight is 1360 g/mol. The third-order valence-corrected chi connectivity index (χ3v) is 16.4. The molecule has 1 saturated heterocycles. The van der Waals surface area contributed by atoms with Crippen LogP contribution in [0, 0.1) is 41.5 Å². The number of benzene rings is 1. The largest absolute Gasteiger partial charge is 1.00 e. The summed E-state index contributed by atoms with van der Waals surface area (Å²) >= 11 is 6.55. The van der Waals surface area contributed by atoms with Crippen molar-refractivity contribution in [1.82, 2.24) is 4.90 Å². The first kappa shape index (κ1) is 67.2. The SMILES string of the molecule is CCCC(O)Cc1csc[n+]1CC(=O)c1ccco1.Cc1sc[n+](CC(=O)N2CCCCC2)c1C.Cc1sc[n+](CC(=O)c2ccc3c(c2)CCC(=O)N3)c1C.Cc1sc[n+](CC(=O)c2ccco2)c1C.[Br-].[Br-].[Br-].[Br-]. The number of nitrogens with one attached hydrogen (secondary N) is 1. The Morgan fingerprint density at radius 2 is 1.17 bits per heavy atom. The summed E-state index contributed by atoms with van der Waals surface area (Å²) in [6.07, 6.45) is 9.78. The standard InChI is InChI=1S/C16H16N2O2S.C14H18NO3S.C12H19N2OS.C11H12NO2S.4BrH/c1-10-11(2)21-9-18(10)8-15(19)13-3-5-14-12(7-13)4-6-16(20)17-14;1-2-4-12(16)7-11-9-19-10-15(11)8-13(17)14-5-3-6-18-14;1-10-11(2)16-9-14(10)8-12(15)13-6-4-3-5-7-13;1-8-9(2)15-7-12(8)6-10(13)11-4-3-5-14-11;;;;/h3,5,7,9H,4,6,8H2,1-2H3;3,5-6,9-10,12,16H,2,4,7-8H2,1H3;9H,3-8H2,1-2H3;3-5,7H,6H2,1-2H3;4*1H/q;3*+1;;;;/p-3. The number of furan rings is 2. The fourth-order valence-electron chi connectivity index (χ4n) is 7.83. The fraction of sp³-hybridized carbons (Fsp3) is 0.415. The Labute approximate surface area is 497 Å². The van der Waals surface area contributed by atoms with Gasteiger partial charge in [-0.3, -0.25) is 24.0 Å². The fourth-order valence-corrected chi connectivity index (χ4v) is 11.0. The van der Waals surface area contributed by atoms with Gasteiger partial charge in [0.05, 0.1) is 45.1 Å². The molecule has 2 aliphatic rings. The molecule has 1 atom stereocenters. The molecule has 14 nitrogen and oxygen atoms in total. The van der Waals surface area contributed by atoms with Crippen molar-refractivity contribution >= 4 is 80.2 Å². The number of carbonyl (C=O) groups excluding carboxylic acids is 5. The normalized spacial score (nSPS) is 12.6. The first-order chi connectivity index (χ1) is 34.1. The number of aryl methyl sites for hydroxylation is 4. The van der Waals surface area contributed by atoms with Gasteiger partial charge in [0, 0.05) is 51.5 Å². The molecule has 2 amide bonds. The molecule has 0 radical (unpaired) electrons. The van der Waals surface area contributed by atoms with Gasteiger partial charge in [-0.15, -0.1) is 0 Å². The van der Waals surface area contributed by atoms with Gasteiger partial charge in [0.1, 0.15) is 0 Å². The van der Waals surface area contributed by atoms with E-state index in [0.29, 0.717) is 56.0 Å². The molecule has 0 spiro atoms. The highest BCUT2D eigenvalue weighted by atomic mass is 79.9. The summed E-state index contributed by atoms with van der Waals surface area (Å²) < 4.78 is 18.0. The van der Waals surface area contributed by atoms with Crippen molar-refractivity contribution in [2.45, 2.75) is 132 Å². The first-order valence-corrected chi connectivity index (χ1v) is 27.5. The van der Waals surface area contributed by atoms with Gasteiger partial charge >= 0.3 is 0 Å². The van der Waals surface area contributed by atoms with Gasteiger partial charge in [-0.25, -0.2) is 0 Å². The molecule has 1 aromatic carbocycles. The second-order valence-electron chi connectivity index (χ2n) is 17.7. The van der Waals surface area contributed by atoms with Gasteiger partial charge in [0.25, 0.3) is 17.5 Å². The van der Waals surface area contributed by atoms with E-state index in [0.717, 1.165) is 67.1 Å². The molecule has 408 valence electrons. The third-order valence-electron chi connectivity index (χ3n) is 12.6. The molecular weight excluding hydrogens is 1300 g/mol. The number of Topliss-reactive ketones (excluding diaryl/α,β-unsaturated/α-hetero) is 3. The Hall–Kier alpha value is -3.87. The Morgan fingerprint density at radius 3 is 1.65 bits per heavy atom. The number of aliphatic hydroxyl groups excluding tert-OH is 1. The van der Waals surface area contributed by atoms with Gasteiger partial charge in [-0.05, 0) is 101 Å². The van der Waals surface area contributed by atoms with Gasteiger partial charge < -0.3 is 92.1 Å². The van der Waals surface area contributed by atoms with Crippen LogP contribution in [0.5, 0.6) is 0 Å². The van der Waals surface area contributed by atoms with E-state index in [1.165, 1.54) is 50.6 Å². The van der Waals surface area contributed by atoms with Crippen molar-refractivity contribution < 1.29 is 124 Å². The van der Waals surface area contributed by atoms with E-state index in [4.69, 9.17) is 8.83 Å². The van der Waals surface area contributed by atoms with Crippen LogP contribution in [0.15, 0.2) is 91.2 Å². The van der Waals surface area contributed by atoms with Gasteiger partial charge in [0.15, 0.2) is 34.3 Å². The van der Waals surface area contributed by atoms with Crippen molar-refractivity contribution in [2.75, 3.05) is 18.4 Å². The molecule has 2 N–H and O–H groups in total. The van der Waals surface area contributed by atoms with E-state index in [1.807, 2.05) is 85.9 Å². The van der Waals surface area contributed by atoms with E-state index in [-0.39, 0.29) is 110 Å². The zero-order chi connectivity index (χ0) is 51.0. The molecule has 6 aromatic heterocycles. The molecule has 75 heavy (non-hydrogen) atoms. The number of halogens is 4. The van der Waals surface area contributed by atoms with Gasteiger partial charge in [-0.1, -0.05) is 58.7 Å². The smallest absolute Gasteiger partial charge is 0.288 e. The maximum absolute atomic E-state index is 12.4. The van der Waals surface area contributed by atoms with E-state index in [1.54, 1.807) is 64.3 Å². The summed E-state index contributed by atoms with van der Waals surface area (Å²) in [5.41, 5.74) is 15.0. The number of hydrogen-bond acceptors (Lipinski definition) is 12. The number of rotatable bonds is 15. The minimum atomic E-state index is -0.343. The number of likely N-dealkylation sites (tertiary alicyclic amines) is 1. The van der Waals surface area contributed by atoms with Crippen molar-refractivity contribution in [1.29, 1.82) is 0 Å². The Balaban J connectivity index is 0.000000339. The summed E-state index contributed by atoms with van der Waals surface area (Å²) in [4.78, 5) is 65.3. The maximum Gasteiger partial charge on any atom is 0.288 e. The zero-order valence-electron chi connectivity index (χ0n) is 43.2. The lowest BCUT2D eigenvalue weighted by molar-refractivity contribution is -0.686. The summed E-state index contributed by atoms with van der Waals surface area (Å²) in [5, 5.41) is 14.7. The van der Waals surface area contributed by atoms with Crippen LogP contribution < -0.4 is 91.5 Å². The van der Waals surface area contributed by atoms with E-state index < -0.39 is 0 Å². The summed E-state index contributed by atoms with van der Waals surface area (Å²) in [7, 11) is 0. The Kier molecular flexibility index (Phi) is 30.0. The zero-order valence-corrected chi connectivity index (χ0v) is 52.9. The summed E-state index contributed by atoms with van der Waals surface area (Å²) in [6.45, 7) is 17.7. The van der Waals surface area contributed by atoms with Crippen LogP contribution in [-0.4, -0.2) is 58.4 Å². The van der Waals surface area contributed by atoms with Crippen molar-refractivity contribution in [2.24, 2.45) is 0 Å². The molecule has 0 saturated carbocycles. The molecule has 7 aromatic rings. The predicted octanol–water partition coefficient (Wildman–Crippen LogP) is -3.56. The number of anilines is 1. The highest BCUT2D eigenvalue weighted by Crippen LogP contribution is 2.24. The van der Waals surface area contributed by atoms with E-state index in [9.17, 15) is 29.1 Å². The minimum absolute atomic E-state index is 0. The van der Waals surface area contributed by atoms with Crippen LogP contribution in [0.3, 0.4) is 0 Å². The molecule has 9 rings (SSSR count). The second-order valence-corrected chi connectivity index (χ2v) is 21.6. The Bertz CT molecular complexity index is 2890. The molecular formula is C53H66Br4N6O8S4. The van der Waals surface area contributed by atoms with E-state index in [2.05, 4.69) is 30.7 Å². The van der Waals surface area contributed by atoms with Crippen LogP contribution in [0.25, 0.3) is 0 Å². The summed E-state index contributed by atoms with van der Waals surface area (Å²) in [6, 6.07) is 12.3. The van der Waals surface area contributed by atoms with Crippen LogP contribution in [0.4, 0.5) is 5.69 Å². The molecule has 8 heterocycles. The number of aromatic nitrogens is 4. The summed E-state index contributed by atoms with van der Waals surface area (Å²) in [5.74, 6) is 1.16. The van der Waals surface area contributed by atoms with E-state index >= 15 is 0 Å². The number of hydrogen-bond donors (Lipinski definition) is 2. The lowest BCUT2D eigenvalue weighted by atomic mass is 9.99. The molecule has 0 bridgehead atoms. The molecule has 1 unspecified atom stereocenters. The number of aliphatic hydroxyl groups is 1. The van der Waals surface area contributed by atoms with Crippen LogP contribution in [0.2, 0.25) is 0 Å². The Morgan fingerprint density at radius 1 is 0.667 bits per heavy atom. The number of carbonyl (C=O) groups is 5. The number of amides is 2. The quantitative estimate of drug-likeness (QED) is 0.0789. The molecule has 2 aliphatic heterocycles. The van der Waals surface area contributed by atoms with Crippen molar-refractivity contribution in [3.05, 3.63) is 142 Å². The van der Waals surface area contributed by atoms with Crippen LogP contribution in [-0.2, 0) is 48.6 Å². The predicted molar refractivity (Wildman–Crippen MR) is 275 cm³/mol. The monoisotopic (exact) mass is 1360 g/mol. The van der Waals surface area contributed by atoms with Gasteiger partial charge in [-0.2, -0.15) is 18.3 Å². The number of ketones is 3. The van der Waals surface area contributed by atoms with Gasteiger partial charge in [0.2, 0.25) is 59.9 Å². The highest BCUT2D eigenvalue weighted by Gasteiger charge is 2.25. The maximum atomic E-state index is 12.4. The minimum Gasteiger partial charge on any atom is -1.00 e. The average Bonchev–Trinajstić information content (AvgIpc) is 4.27. The lowest BCUT2D eigenvalue weighted by Gasteiger charge is -2.25. The van der Waals surface area contributed by atoms with Crippen molar-refractivity contribution in [3.63, 3.8) is 0 Å². The lowest BCUT2D eigenvalue weighted by Crippen LogP contribution is -3.00. The first-order valence-electron chi connectivity index (χ1n) is 23.9. The third kappa shape index (κ3) is 19.8. The molecule has 1 fully saturated rings. The molecule has 0 aliphatic carbocycles. The molecule has 22 heteroatoms. The number of nitrogens with zero attached hydrogens (tertiary/aromatic N) is 5. The van der Waals surface area contributed by atoms with Crippen LogP contribution in [0.1, 0.15) is 120 Å².